The Morgan fingerprint density at radius 1 is 1.14 bits per heavy atom. The number of amides is 2. The molecule has 6 nitrogen and oxygen atoms in total. The zero-order valence-electron chi connectivity index (χ0n) is 16.0. The quantitative estimate of drug-likeness (QED) is 0.718. The smallest absolute Gasteiger partial charge is 0.256 e. The molecule has 2 heterocycles. The number of H-pyrrole nitrogens is 1. The Kier molecular flexibility index (Phi) is 6.80. The number of carbonyl (C=O) groups is 2. The summed E-state index contributed by atoms with van der Waals surface area (Å²) in [4.78, 5) is 32.5. The van der Waals surface area contributed by atoms with Gasteiger partial charge in [0.1, 0.15) is 0 Å². The lowest BCUT2D eigenvalue weighted by atomic mass is 10.2. The molecule has 1 aliphatic heterocycles. The predicted molar refractivity (Wildman–Crippen MR) is 115 cm³/mol. The van der Waals surface area contributed by atoms with Crippen molar-refractivity contribution >= 4 is 45.0 Å². The van der Waals surface area contributed by atoms with Crippen molar-refractivity contribution in [2.24, 2.45) is 0 Å². The summed E-state index contributed by atoms with van der Waals surface area (Å²) in [5.74, 6) is -0.0798. The predicted octanol–water partition coefficient (Wildman–Crippen LogP) is 3.83. The highest BCUT2D eigenvalue weighted by Crippen LogP contribution is 2.26. The Labute approximate surface area is 178 Å². The van der Waals surface area contributed by atoms with Crippen LogP contribution in [-0.2, 0) is 4.79 Å². The molecule has 150 valence electrons. The van der Waals surface area contributed by atoms with E-state index in [-0.39, 0.29) is 18.4 Å². The molecule has 0 saturated carbocycles. The number of rotatable bonds is 4. The maximum Gasteiger partial charge on any atom is 0.256 e. The van der Waals surface area contributed by atoms with Gasteiger partial charge in [-0.15, -0.1) is 0 Å². The Balaban J connectivity index is 1.58. The van der Waals surface area contributed by atoms with Crippen LogP contribution in [0.1, 0.15) is 28.2 Å². The van der Waals surface area contributed by atoms with Crippen molar-refractivity contribution in [3.05, 3.63) is 50.7 Å². The zero-order valence-corrected chi connectivity index (χ0v) is 18.4. The third-order valence-corrected chi connectivity index (χ3v) is 6.22. The molecule has 1 saturated heterocycles. The van der Waals surface area contributed by atoms with Crippen LogP contribution in [0, 0.1) is 13.8 Å². The minimum Gasteiger partial charge on any atom is -0.361 e. The number of anilines is 1. The number of nitrogens with one attached hydrogen (secondary N) is 2. The molecular weight excluding hydrogens is 444 g/mol. The topological polar surface area (TPSA) is 68.4 Å². The largest absolute Gasteiger partial charge is 0.361 e. The monoisotopic (exact) mass is 466 g/mol. The van der Waals surface area contributed by atoms with Crippen LogP contribution in [0.15, 0.2) is 28.7 Å². The summed E-state index contributed by atoms with van der Waals surface area (Å²) in [6.07, 6.45) is 0.825. The van der Waals surface area contributed by atoms with E-state index >= 15 is 0 Å². The van der Waals surface area contributed by atoms with Crippen molar-refractivity contribution in [1.29, 1.82) is 0 Å². The van der Waals surface area contributed by atoms with Crippen LogP contribution in [-0.4, -0.2) is 59.3 Å². The maximum atomic E-state index is 13.0. The van der Waals surface area contributed by atoms with Crippen LogP contribution in [0.2, 0.25) is 5.02 Å². The van der Waals surface area contributed by atoms with Gasteiger partial charge in [-0.3, -0.25) is 14.5 Å². The number of hydrogen-bond acceptors (Lipinski definition) is 3. The summed E-state index contributed by atoms with van der Waals surface area (Å²) in [5, 5.41) is 3.37. The zero-order chi connectivity index (χ0) is 20.3. The van der Waals surface area contributed by atoms with Gasteiger partial charge in [0.15, 0.2) is 0 Å². The number of nitrogens with zero attached hydrogens (tertiary/aromatic N) is 2. The molecule has 8 heteroatoms. The van der Waals surface area contributed by atoms with Crippen molar-refractivity contribution in [1.82, 2.24) is 14.8 Å². The SMILES string of the molecule is Cc1[nH]c(C)c(C(=O)N2CCCN(CC(=O)Nc3ccccc3Cl)CC2)c1Br. The van der Waals surface area contributed by atoms with Crippen LogP contribution in [0.4, 0.5) is 5.69 Å². The van der Waals surface area contributed by atoms with E-state index in [4.69, 9.17) is 11.6 Å². The molecule has 2 aromatic rings. The highest BCUT2D eigenvalue weighted by atomic mass is 79.9. The molecule has 0 atom stereocenters. The lowest BCUT2D eigenvalue weighted by Crippen LogP contribution is -2.38. The molecule has 0 spiro atoms. The molecule has 2 amide bonds. The van der Waals surface area contributed by atoms with Crippen molar-refractivity contribution < 1.29 is 9.59 Å². The lowest BCUT2D eigenvalue weighted by molar-refractivity contribution is -0.117. The first-order valence-corrected chi connectivity index (χ1v) is 10.4. The van der Waals surface area contributed by atoms with Crippen LogP contribution in [0.5, 0.6) is 0 Å². The number of aromatic nitrogens is 1. The van der Waals surface area contributed by atoms with Crippen molar-refractivity contribution in [3.63, 3.8) is 0 Å². The van der Waals surface area contributed by atoms with Gasteiger partial charge in [-0.05, 0) is 48.3 Å². The van der Waals surface area contributed by atoms with Gasteiger partial charge in [0.25, 0.3) is 5.91 Å². The lowest BCUT2D eigenvalue weighted by Gasteiger charge is -2.22. The van der Waals surface area contributed by atoms with Crippen molar-refractivity contribution in [2.45, 2.75) is 20.3 Å². The molecule has 0 bridgehead atoms. The molecule has 2 N–H and O–H groups in total. The minimum atomic E-state index is -0.104. The van der Waals surface area contributed by atoms with Gasteiger partial charge in [-0.25, -0.2) is 0 Å². The molecule has 1 fully saturated rings. The van der Waals surface area contributed by atoms with Gasteiger partial charge in [0, 0.05) is 37.6 Å². The fraction of sp³-hybridized carbons (Fsp3) is 0.400. The fourth-order valence-corrected chi connectivity index (χ4v) is 4.20. The number of aromatic amines is 1. The average Bonchev–Trinajstić information content (AvgIpc) is 2.81. The maximum absolute atomic E-state index is 13.0. The van der Waals surface area contributed by atoms with Gasteiger partial charge < -0.3 is 15.2 Å². The number of halogens is 2. The second-order valence-corrected chi connectivity index (χ2v) is 8.21. The van der Waals surface area contributed by atoms with E-state index in [0.717, 1.165) is 28.8 Å². The van der Waals surface area contributed by atoms with Crippen LogP contribution >= 0.6 is 27.5 Å². The highest BCUT2D eigenvalue weighted by molar-refractivity contribution is 9.10. The minimum absolute atomic E-state index is 0.0242. The van der Waals surface area contributed by atoms with Crippen LogP contribution in [0.3, 0.4) is 0 Å². The number of para-hydroxylation sites is 1. The molecule has 1 aromatic heterocycles. The average molecular weight is 468 g/mol. The molecule has 1 aliphatic rings. The van der Waals surface area contributed by atoms with Crippen molar-refractivity contribution in [3.8, 4) is 0 Å². The summed E-state index contributed by atoms with van der Waals surface area (Å²) in [5.41, 5.74) is 3.13. The Bertz CT molecular complexity index is 883. The summed E-state index contributed by atoms with van der Waals surface area (Å²) in [6, 6.07) is 7.18. The Hall–Kier alpha value is -1.83. The van der Waals surface area contributed by atoms with E-state index in [0.29, 0.717) is 35.9 Å². The van der Waals surface area contributed by atoms with Gasteiger partial charge in [0.05, 0.1) is 27.3 Å². The van der Waals surface area contributed by atoms with E-state index in [1.54, 1.807) is 12.1 Å². The van der Waals surface area contributed by atoms with E-state index in [1.165, 1.54) is 0 Å². The molecule has 1 aromatic carbocycles. The summed E-state index contributed by atoms with van der Waals surface area (Å²) in [6.45, 7) is 6.82. The Morgan fingerprint density at radius 3 is 2.57 bits per heavy atom. The van der Waals surface area contributed by atoms with Gasteiger partial charge >= 0.3 is 0 Å². The number of aryl methyl sites for hydroxylation is 2. The Morgan fingerprint density at radius 2 is 1.89 bits per heavy atom. The molecule has 28 heavy (non-hydrogen) atoms. The summed E-state index contributed by atoms with van der Waals surface area (Å²) < 4.78 is 0.829. The number of benzene rings is 1. The molecule has 3 rings (SSSR count). The van der Waals surface area contributed by atoms with Crippen molar-refractivity contribution in [2.75, 3.05) is 38.0 Å². The first-order chi connectivity index (χ1) is 13.4. The third-order valence-electron chi connectivity index (χ3n) is 4.90. The van der Waals surface area contributed by atoms with Gasteiger partial charge in [-0.2, -0.15) is 0 Å². The summed E-state index contributed by atoms with van der Waals surface area (Å²) in [7, 11) is 0. The first-order valence-electron chi connectivity index (χ1n) is 9.27. The van der Waals surface area contributed by atoms with Gasteiger partial charge in [-0.1, -0.05) is 23.7 Å². The standard InChI is InChI=1S/C20H24BrClN4O2/c1-13-18(19(21)14(2)23-13)20(28)26-9-5-8-25(10-11-26)12-17(27)24-16-7-4-3-6-15(16)22/h3-4,6-7,23H,5,8-12H2,1-2H3,(H,24,27). The van der Waals surface area contributed by atoms with E-state index in [1.807, 2.05) is 30.9 Å². The molecule has 0 aliphatic carbocycles. The highest BCUT2D eigenvalue weighted by Gasteiger charge is 2.25. The van der Waals surface area contributed by atoms with Crippen LogP contribution in [0.25, 0.3) is 0 Å². The fourth-order valence-electron chi connectivity index (χ4n) is 3.45. The number of carbonyl (C=O) groups excluding carboxylic acids is 2. The molecule has 0 radical (unpaired) electrons. The van der Waals surface area contributed by atoms with Gasteiger partial charge in [0.2, 0.25) is 5.91 Å². The first kappa shape index (κ1) is 20.9. The van der Waals surface area contributed by atoms with Crippen LogP contribution < -0.4 is 5.32 Å². The summed E-state index contributed by atoms with van der Waals surface area (Å²) >= 11 is 9.61. The van der Waals surface area contributed by atoms with E-state index in [9.17, 15) is 9.59 Å². The van der Waals surface area contributed by atoms with E-state index < -0.39 is 0 Å². The normalized spacial score (nSPS) is 15.4. The number of hydrogen-bond donors (Lipinski definition) is 2. The second-order valence-electron chi connectivity index (χ2n) is 7.01. The molecular formula is C20H24BrClN4O2. The second kappa shape index (κ2) is 9.11. The van der Waals surface area contributed by atoms with E-state index in [2.05, 4.69) is 31.1 Å². The molecule has 0 unspecified atom stereocenters. The third kappa shape index (κ3) is 4.77.